The molecule has 2 atom stereocenters. The third-order valence-corrected chi connectivity index (χ3v) is 3.60. The van der Waals surface area contributed by atoms with Gasteiger partial charge in [0.1, 0.15) is 0 Å². The molecule has 1 saturated carbocycles. The summed E-state index contributed by atoms with van der Waals surface area (Å²) < 4.78 is 38.5. The molecule has 1 fully saturated rings. The van der Waals surface area contributed by atoms with Gasteiger partial charge in [-0.25, -0.2) is 0 Å². The molecule has 0 saturated heterocycles. The van der Waals surface area contributed by atoms with Crippen molar-refractivity contribution in [3.05, 3.63) is 0 Å². The second-order valence-corrected chi connectivity index (χ2v) is 5.38. The molecule has 0 aliphatic heterocycles. The van der Waals surface area contributed by atoms with Gasteiger partial charge in [-0.3, -0.25) is 9.59 Å². The van der Waals surface area contributed by atoms with E-state index in [4.69, 9.17) is 0 Å². The zero-order valence-corrected chi connectivity index (χ0v) is 11.2. The van der Waals surface area contributed by atoms with Gasteiger partial charge in [0.05, 0.1) is 12.5 Å². The Labute approximate surface area is 110 Å². The zero-order chi connectivity index (χ0) is 14.6. The molecule has 1 aliphatic rings. The number of carbonyl (C=O) groups is 2. The fourth-order valence-corrected chi connectivity index (χ4v) is 2.35. The molecule has 0 heterocycles. The fourth-order valence-electron chi connectivity index (χ4n) is 2.35. The van der Waals surface area contributed by atoms with Gasteiger partial charge in [-0.1, -0.05) is 26.7 Å². The number of carbonyl (C=O) groups excluding carboxylic acids is 2. The number of hydrogen-bond donors (Lipinski definition) is 1. The minimum absolute atomic E-state index is 0.000284. The van der Waals surface area contributed by atoms with E-state index < -0.39 is 23.9 Å². The second-order valence-electron chi connectivity index (χ2n) is 5.38. The molecular formula is C13H20F3NO2. The van der Waals surface area contributed by atoms with Gasteiger partial charge in [0.2, 0.25) is 5.91 Å². The summed E-state index contributed by atoms with van der Waals surface area (Å²) in [5.74, 6) is -3.67. The molecule has 0 spiro atoms. The van der Waals surface area contributed by atoms with Crippen LogP contribution in [0.15, 0.2) is 0 Å². The molecule has 1 amide bonds. The van der Waals surface area contributed by atoms with E-state index in [1.807, 2.05) is 0 Å². The summed E-state index contributed by atoms with van der Waals surface area (Å²) in [5, 5.41) is 2.35. The molecule has 110 valence electrons. The van der Waals surface area contributed by atoms with Crippen molar-refractivity contribution >= 4 is 11.7 Å². The molecule has 1 aliphatic carbocycles. The van der Waals surface area contributed by atoms with Crippen LogP contribution in [-0.4, -0.2) is 24.4 Å². The van der Waals surface area contributed by atoms with E-state index in [-0.39, 0.29) is 31.1 Å². The Morgan fingerprint density at radius 1 is 1.21 bits per heavy atom. The summed E-state index contributed by atoms with van der Waals surface area (Å²) in [5.41, 5.74) is 0. The summed E-state index contributed by atoms with van der Waals surface area (Å²) in [7, 11) is 0. The highest BCUT2D eigenvalue weighted by Crippen LogP contribution is 2.41. The molecule has 6 heteroatoms. The van der Waals surface area contributed by atoms with Crippen molar-refractivity contribution in [2.45, 2.75) is 45.7 Å². The minimum Gasteiger partial charge on any atom is -0.349 e. The molecule has 3 nitrogen and oxygen atoms in total. The maximum atomic E-state index is 12.8. The van der Waals surface area contributed by atoms with Gasteiger partial charge in [0, 0.05) is 11.8 Å². The van der Waals surface area contributed by atoms with Gasteiger partial charge in [0.25, 0.3) is 0 Å². The Kier molecular flexibility index (Phi) is 5.38. The number of halogens is 3. The highest BCUT2D eigenvalue weighted by atomic mass is 19.4. The number of rotatable bonds is 4. The van der Waals surface area contributed by atoms with Crippen LogP contribution in [-0.2, 0) is 9.59 Å². The topological polar surface area (TPSA) is 46.2 Å². The molecule has 1 rings (SSSR count). The van der Waals surface area contributed by atoms with Crippen molar-refractivity contribution in [2.24, 2.45) is 17.8 Å². The predicted molar refractivity (Wildman–Crippen MR) is 64.4 cm³/mol. The lowest BCUT2D eigenvalue weighted by Gasteiger charge is -2.31. The van der Waals surface area contributed by atoms with Crippen molar-refractivity contribution < 1.29 is 22.8 Å². The first-order valence-corrected chi connectivity index (χ1v) is 6.60. The zero-order valence-electron chi connectivity index (χ0n) is 11.2. The number of Topliss-reactive ketones (excluding diaryl/α,β-unsaturated/α-hetero) is 1. The molecule has 1 N–H and O–H groups in total. The molecule has 0 aromatic carbocycles. The Hall–Kier alpha value is -1.07. The highest BCUT2D eigenvalue weighted by molar-refractivity contribution is 5.88. The van der Waals surface area contributed by atoms with Crippen molar-refractivity contribution in [1.29, 1.82) is 0 Å². The van der Waals surface area contributed by atoms with Crippen molar-refractivity contribution in [3.63, 3.8) is 0 Å². The maximum Gasteiger partial charge on any atom is 0.392 e. The molecular weight excluding hydrogens is 259 g/mol. The van der Waals surface area contributed by atoms with E-state index in [0.29, 0.717) is 12.8 Å². The lowest BCUT2D eigenvalue weighted by Crippen LogP contribution is -2.44. The van der Waals surface area contributed by atoms with Gasteiger partial charge >= 0.3 is 6.18 Å². The molecule has 2 unspecified atom stereocenters. The highest BCUT2D eigenvalue weighted by Gasteiger charge is 2.47. The van der Waals surface area contributed by atoms with Gasteiger partial charge in [0.15, 0.2) is 5.78 Å². The molecule has 0 radical (unpaired) electrons. The van der Waals surface area contributed by atoms with Gasteiger partial charge in [-0.05, 0) is 12.8 Å². The first-order chi connectivity index (χ1) is 8.73. The number of amides is 1. The van der Waals surface area contributed by atoms with E-state index in [2.05, 4.69) is 5.32 Å². The van der Waals surface area contributed by atoms with Gasteiger partial charge in [-0.2, -0.15) is 13.2 Å². The van der Waals surface area contributed by atoms with Crippen LogP contribution in [0.25, 0.3) is 0 Å². The van der Waals surface area contributed by atoms with Crippen LogP contribution in [0, 0.1) is 17.8 Å². The van der Waals surface area contributed by atoms with E-state index in [0.717, 1.165) is 0 Å². The van der Waals surface area contributed by atoms with E-state index >= 15 is 0 Å². The average molecular weight is 279 g/mol. The summed E-state index contributed by atoms with van der Waals surface area (Å²) in [6.07, 6.45) is -2.97. The number of ketones is 1. The van der Waals surface area contributed by atoms with Crippen LogP contribution in [0.4, 0.5) is 13.2 Å². The quantitative estimate of drug-likeness (QED) is 0.860. The van der Waals surface area contributed by atoms with Crippen LogP contribution < -0.4 is 5.32 Å². The Morgan fingerprint density at radius 2 is 1.79 bits per heavy atom. The Morgan fingerprint density at radius 3 is 2.32 bits per heavy atom. The van der Waals surface area contributed by atoms with Crippen LogP contribution in [0.1, 0.15) is 39.5 Å². The smallest absolute Gasteiger partial charge is 0.349 e. The number of alkyl halides is 3. The Balaban J connectivity index is 2.60. The van der Waals surface area contributed by atoms with Crippen LogP contribution >= 0.6 is 0 Å². The standard InChI is InChI=1S/C13H20F3NO2/c1-8(2)11(18)7-17-12(19)9-5-3-4-6-10(9)13(14,15)16/h8-10H,3-7H2,1-2H3,(H,17,19). The summed E-state index contributed by atoms with van der Waals surface area (Å²) >= 11 is 0. The summed E-state index contributed by atoms with van der Waals surface area (Å²) in [6, 6.07) is 0. The monoisotopic (exact) mass is 279 g/mol. The normalized spacial score (nSPS) is 24.3. The largest absolute Gasteiger partial charge is 0.392 e. The summed E-state index contributed by atoms with van der Waals surface area (Å²) in [4.78, 5) is 23.2. The van der Waals surface area contributed by atoms with Crippen molar-refractivity contribution in [2.75, 3.05) is 6.54 Å². The SMILES string of the molecule is CC(C)C(=O)CNC(=O)C1CCCCC1C(F)(F)F. The summed E-state index contributed by atoms with van der Waals surface area (Å²) in [6.45, 7) is 3.19. The first-order valence-electron chi connectivity index (χ1n) is 6.60. The van der Waals surface area contributed by atoms with E-state index in [9.17, 15) is 22.8 Å². The van der Waals surface area contributed by atoms with Crippen LogP contribution in [0.3, 0.4) is 0 Å². The maximum absolute atomic E-state index is 12.8. The predicted octanol–water partition coefficient (Wildman–Crippen LogP) is 2.70. The van der Waals surface area contributed by atoms with Crippen LogP contribution in [0.2, 0.25) is 0 Å². The number of hydrogen-bond acceptors (Lipinski definition) is 2. The number of nitrogens with one attached hydrogen (secondary N) is 1. The van der Waals surface area contributed by atoms with E-state index in [1.54, 1.807) is 13.8 Å². The molecule has 0 aromatic rings. The molecule has 19 heavy (non-hydrogen) atoms. The van der Waals surface area contributed by atoms with E-state index in [1.165, 1.54) is 0 Å². The van der Waals surface area contributed by atoms with Crippen LogP contribution in [0.5, 0.6) is 0 Å². The first kappa shape index (κ1) is 16.0. The lowest BCUT2D eigenvalue weighted by molar-refractivity contribution is -0.198. The Bertz CT molecular complexity index is 339. The average Bonchev–Trinajstić information content (AvgIpc) is 2.34. The third-order valence-electron chi connectivity index (χ3n) is 3.60. The molecule has 0 bridgehead atoms. The minimum atomic E-state index is -4.34. The molecule has 0 aromatic heterocycles. The van der Waals surface area contributed by atoms with Gasteiger partial charge < -0.3 is 5.32 Å². The lowest BCUT2D eigenvalue weighted by atomic mass is 9.78. The second kappa shape index (κ2) is 6.39. The third kappa shape index (κ3) is 4.51. The van der Waals surface area contributed by atoms with Crippen molar-refractivity contribution in [1.82, 2.24) is 5.32 Å². The van der Waals surface area contributed by atoms with Gasteiger partial charge in [-0.15, -0.1) is 0 Å². The fraction of sp³-hybridized carbons (Fsp3) is 0.846. The van der Waals surface area contributed by atoms with Crippen molar-refractivity contribution in [3.8, 4) is 0 Å².